The molecule has 5 N–H and O–H groups in total. The van der Waals surface area contributed by atoms with E-state index in [1.165, 1.54) is 14.2 Å². The van der Waals surface area contributed by atoms with Crippen molar-refractivity contribution < 1.29 is 34.5 Å². The summed E-state index contributed by atoms with van der Waals surface area (Å²) in [7, 11) is 2.92. The fraction of sp³-hybridized carbons (Fsp3) is 0.364. The third-order valence-electron chi connectivity index (χ3n) is 5.41. The summed E-state index contributed by atoms with van der Waals surface area (Å²) in [4.78, 5) is 12.7. The summed E-state index contributed by atoms with van der Waals surface area (Å²) >= 11 is 0. The third kappa shape index (κ3) is 3.91. The highest BCUT2D eigenvalue weighted by Gasteiger charge is 2.46. The van der Waals surface area contributed by atoms with Crippen molar-refractivity contribution in [3.05, 3.63) is 47.5 Å². The summed E-state index contributed by atoms with van der Waals surface area (Å²) in [5.74, 6) is -0.857. The van der Waals surface area contributed by atoms with Crippen LogP contribution >= 0.6 is 0 Å². The number of nitrogens with two attached hydrogens (primary N) is 1. The third-order valence-corrected chi connectivity index (χ3v) is 5.41. The first-order valence-electron chi connectivity index (χ1n) is 9.73. The van der Waals surface area contributed by atoms with Crippen molar-refractivity contribution in [2.75, 3.05) is 20.8 Å². The topological polar surface area (TPSA) is 126 Å². The van der Waals surface area contributed by atoms with Crippen molar-refractivity contribution in [3.8, 4) is 23.0 Å². The molecule has 3 atom stereocenters. The van der Waals surface area contributed by atoms with E-state index < -0.39 is 17.9 Å². The molecule has 8 nitrogen and oxygen atoms in total. The van der Waals surface area contributed by atoms with Gasteiger partial charge in [-0.25, -0.2) is 0 Å². The van der Waals surface area contributed by atoms with Crippen molar-refractivity contribution in [2.24, 2.45) is 5.92 Å². The van der Waals surface area contributed by atoms with Crippen LogP contribution in [-0.2, 0) is 9.53 Å². The Balaban J connectivity index is 2.07. The molecule has 0 aliphatic carbocycles. The number of methoxy groups -OCH3 is 2. The van der Waals surface area contributed by atoms with Crippen LogP contribution in [0.25, 0.3) is 0 Å². The maximum atomic E-state index is 12.7. The minimum Gasteiger partial charge on any atom is -0.504 e. The standard InChI is InChI=1S/C22H26N2O6/c1-4-30-22(27)18-14(23)11-15(12-7-5-9-16(28-2)20(12)25)24-19(18)13-8-6-10-17(29-3)21(13)26/h5-10,15,18-19,23-26H,4,11H2,1-3H3/p+1/t15-,18+,19+/m1/s1. The lowest BCUT2D eigenvalue weighted by atomic mass is 9.80. The molecule has 1 fully saturated rings. The van der Waals surface area contributed by atoms with Crippen LogP contribution in [0.1, 0.15) is 36.6 Å². The lowest BCUT2D eigenvalue weighted by molar-refractivity contribution is -0.740. The minimum atomic E-state index is -0.869. The van der Waals surface area contributed by atoms with Gasteiger partial charge in [-0.1, -0.05) is 12.1 Å². The minimum absolute atomic E-state index is 0.00255. The number of hydrogen-bond acceptors (Lipinski definition) is 7. The van der Waals surface area contributed by atoms with Crippen LogP contribution in [-0.4, -0.2) is 42.7 Å². The second-order valence-electron chi connectivity index (χ2n) is 7.08. The Labute approximate surface area is 174 Å². The Bertz CT molecular complexity index is 945. The largest absolute Gasteiger partial charge is 0.504 e. The number of aromatic hydroxyl groups is 2. The van der Waals surface area contributed by atoms with Crippen LogP contribution < -0.4 is 14.8 Å². The number of rotatable bonds is 6. The highest BCUT2D eigenvalue weighted by molar-refractivity contribution is 6.02. The SMILES string of the molecule is CCOC(=O)[C@H]1C(=N)C[C@H](c2cccc(OC)c2O)[NH2+][C@H]1c1cccc(OC)c1O. The molecule has 0 saturated carbocycles. The fourth-order valence-electron chi connectivity index (χ4n) is 4.00. The van der Waals surface area contributed by atoms with Crippen LogP contribution in [0, 0.1) is 11.3 Å². The predicted octanol–water partition coefficient (Wildman–Crippen LogP) is 2.06. The average Bonchev–Trinajstić information content (AvgIpc) is 2.73. The molecule has 2 aromatic rings. The number of phenols is 2. The van der Waals surface area contributed by atoms with Gasteiger partial charge in [0.05, 0.1) is 32.0 Å². The first-order valence-corrected chi connectivity index (χ1v) is 9.73. The Morgan fingerprint density at radius 3 is 2.20 bits per heavy atom. The van der Waals surface area contributed by atoms with Gasteiger partial charge < -0.3 is 35.1 Å². The number of carbonyl (C=O) groups is 1. The Kier molecular flexibility index (Phi) is 6.47. The van der Waals surface area contributed by atoms with Crippen molar-refractivity contribution in [1.82, 2.24) is 0 Å². The van der Waals surface area contributed by atoms with E-state index in [9.17, 15) is 15.0 Å². The van der Waals surface area contributed by atoms with Crippen LogP contribution in [0.4, 0.5) is 0 Å². The Morgan fingerprint density at radius 1 is 1.07 bits per heavy atom. The number of benzene rings is 2. The molecule has 3 rings (SSSR count). The number of esters is 1. The van der Waals surface area contributed by atoms with Gasteiger partial charge in [-0.05, 0) is 31.2 Å². The Hall–Kier alpha value is -3.26. The van der Waals surface area contributed by atoms with Crippen LogP contribution in [0.2, 0.25) is 0 Å². The summed E-state index contributed by atoms with van der Waals surface area (Å²) in [6, 6.07) is 9.24. The molecular weight excluding hydrogens is 388 g/mol. The normalized spacial score (nSPS) is 21.2. The molecule has 1 heterocycles. The summed E-state index contributed by atoms with van der Waals surface area (Å²) in [5, 5.41) is 31.8. The van der Waals surface area contributed by atoms with Crippen molar-refractivity contribution in [1.29, 1.82) is 5.41 Å². The lowest BCUT2D eigenvalue weighted by Crippen LogP contribution is -2.90. The van der Waals surface area contributed by atoms with E-state index >= 15 is 0 Å². The van der Waals surface area contributed by atoms with Crippen molar-refractivity contribution in [2.45, 2.75) is 25.4 Å². The van der Waals surface area contributed by atoms with Crippen molar-refractivity contribution >= 4 is 11.7 Å². The summed E-state index contributed by atoms with van der Waals surface area (Å²) < 4.78 is 15.6. The zero-order valence-corrected chi connectivity index (χ0v) is 17.2. The number of phenolic OH excluding ortho intramolecular Hbond substituents is 2. The van der Waals surface area contributed by atoms with E-state index in [4.69, 9.17) is 19.6 Å². The van der Waals surface area contributed by atoms with Crippen LogP contribution in [0.3, 0.4) is 0 Å². The van der Waals surface area contributed by atoms with E-state index in [0.717, 1.165) is 0 Å². The number of nitrogens with one attached hydrogen (secondary N) is 1. The predicted molar refractivity (Wildman–Crippen MR) is 109 cm³/mol. The molecule has 0 bridgehead atoms. The van der Waals surface area contributed by atoms with Crippen molar-refractivity contribution in [3.63, 3.8) is 0 Å². The second-order valence-corrected chi connectivity index (χ2v) is 7.08. The Morgan fingerprint density at radius 2 is 1.63 bits per heavy atom. The smallest absolute Gasteiger partial charge is 0.321 e. The number of ether oxygens (including phenoxy) is 3. The first-order chi connectivity index (χ1) is 14.4. The molecule has 1 aliphatic heterocycles. The summed E-state index contributed by atoms with van der Waals surface area (Å²) in [6.07, 6.45) is 0.242. The number of quaternary nitrogens is 1. The first kappa shape index (κ1) is 21.4. The monoisotopic (exact) mass is 415 g/mol. The summed E-state index contributed by atoms with van der Waals surface area (Å²) in [6.45, 7) is 1.91. The highest BCUT2D eigenvalue weighted by Crippen LogP contribution is 2.40. The lowest BCUT2D eigenvalue weighted by Gasteiger charge is -2.34. The average molecular weight is 415 g/mol. The van der Waals surface area contributed by atoms with E-state index in [1.54, 1.807) is 43.3 Å². The number of carbonyl (C=O) groups excluding carboxylic acids is 1. The zero-order valence-electron chi connectivity index (χ0n) is 17.2. The van der Waals surface area contributed by atoms with Gasteiger partial charge in [-0.2, -0.15) is 0 Å². The molecule has 2 aromatic carbocycles. The van der Waals surface area contributed by atoms with Gasteiger partial charge in [0.25, 0.3) is 0 Å². The molecule has 0 radical (unpaired) electrons. The van der Waals surface area contributed by atoms with Gasteiger partial charge in [0.2, 0.25) is 0 Å². The number of hydrogen-bond donors (Lipinski definition) is 4. The summed E-state index contributed by atoms with van der Waals surface area (Å²) in [5.41, 5.74) is 1.23. The molecule has 1 saturated heterocycles. The van der Waals surface area contributed by atoms with Crippen LogP contribution in [0.15, 0.2) is 36.4 Å². The fourth-order valence-corrected chi connectivity index (χ4v) is 4.00. The molecule has 160 valence electrons. The molecule has 30 heavy (non-hydrogen) atoms. The highest BCUT2D eigenvalue weighted by atomic mass is 16.5. The quantitative estimate of drug-likeness (QED) is 0.535. The molecule has 0 spiro atoms. The van der Waals surface area contributed by atoms with E-state index in [1.807, 2.05) is 5.32 Å². The van der Waals surface area contributed by atoms with Gasteiger partial charge >= 0.3 is 5.97 Å². The van der Waals surface area contributed by atoms with E-state index in [-0.39, 0.29) is 42.0 Å². The number of para-hydroxylation sites is 2. The van der Waals surface area contributed by atoms with E-state index in [2.05, 4.69) is 0 Å². The maximum absolute atomic E-state index is 12.7. The maximum Gasteiger partial charge on any atom is 0.321 e. The number of piperidine rings is 1. The zero-order chi connectivity index (χ0) is 21.8. The second kappa shape index (κ2) is 9.04. The van der Waals surface area contributed by atoms with Gasteiger partial charge in [0, 0.05) is 12.1 Å². The van der Waals surface area contributed by atoms with Gasteiger partial charge in [0.1, 0.15) is 12.1 Å². The molecule has 1 aliphatic rings. The van der Waals surface area contributed by atoms with E-state index in [0.29, 0.717) is 16.9 Å². The molecule has 0 unspecified atom stereocenters. The van der Waals surface area contributed by atoms with Crippen LogP contribution in [0.5, 0.6) is 23.0 Å². The molecule has 0 aromatic heterocycles. The van der Waals surface area contributed by atoms with Gasteiger partial charge in [0.15, 0.2) is 28.9 Å². The van der Waals surface area contributed by atoms with Gasteiger partial charge in [-0.3, -0.25) is 4.79 Å². The molecule has 8 heteroatoms. The molecule has 0 amide bonds. The molecular formula is C22H27N2O6+. The van der Waals surface area contributed by atoms with Gasteiger partial charge in [-0.15, -0.1) is 0 Å².